The van der Waals surface area contributed by atoms with Crippen molar-refractivity contribution in [2.75, 3.05) is 14.2 Å². The van der Waals surface area contributed by atoms with Crippen LogP contribution in [0.2, 0.25) is 0 Å². The van der Waals surface area contributed by atoms with Crippen LogP contribution in [0.3, 0.4) is 0 Å². The summed E-state index contributed by atoms with van der Waals surface area (Å²) in [6.07, 6.45) is 10.1. The Kier molecular flexibility index (Phi) is 3.55. The minimum atomic E-state index is 0.872. The Labute approximate surface area is 101 Å². The van der Waals surface area contributed by atoms with Gasteiger partial charge in [-0.2, -0.15) is 0 Å². The first-order valence-corrected chi connectivity index (χ1v) is 5.44. The molecule has 0 heterocycles. The third-order valence-electron chi connectivity index (χ3n) is 2.56. The summed E-state index contributed by atoms with van der Waals surface area (Å²) in [4.78, 5) is 0. The van der Waals surface area contributed by atoms with E-state index in [1.54, 1.807) is 14.2 Å². The van der Waals surface area contributed by atoms with Crippen molar-refractivity contribution in [3.63, 3.8) is 0 Å². The number of methoxy groups -OCH3 is 1. The zero-order chi connectivity index (χ0) is 12.1. The predicted molar refractivity (Wildman–Crippen MR) is 70.2 cm³/mol. The molecule has 0 fully saturated rings. The van der Waals surface area contributed by atoms with E-state index in [0.29, 0.717) is 0 Å². The molecule has 0 aromatic heterocycles. The fraction of sp³-hybridized carbons (Fsp3) is 0.133. The fourth-order valence-corrected chi connectivity index (χ4v) is 1.59. The standard InChI is InChI=1S/C15H15O2/c1-16-14-7-3-12(4-8-14)11-13-5-9-15(17-2)10-6-13/h3-11H,1-2H3/q+1. The van der Waals surface area contributed by atoms with Crippen LogP contribution in [0, 0.1) is 0 Å². The van der Waals surface area contributed by atoms with Gasteiger partial charge in [0.15, 0.2) is 0 Å². The van der Waals surface area contributed by atoms with E-state index in [1.165, 1.54) is 0 Å². The Balaban J connectivity index is 2.17. The van der Waals surface area contributed by atoms with Gasteiger partial charge in [-0.05, 0) is 41.5 Å². The molecule has 0 saturated heterocycles. The number of benzene rings is 1. The monoisotopic (exact) mass is 227 g/mol. The van der Waals surface area contributed by atoms with Crippen molar-refractivity contribution in [1.82, 2.24) is 0 Å². The molecule has 1 aromatic rings. The summed E-state index contributed by atoms with van der Waals surface area (Å²) in [6, 6.07) is 7.97. The molecule has 2 rings (SSSR count). The summed E-state index contributed by atoms with van der Waals surface area (Å²) in [7, 11) is 3.34. The van der Waals surface area contributed by atoms with Gasteiger partial charge in [-0.1, -0.05) is 12.1 Å². The zero-order valence-corrected chi connectivity index (χ0v) is 10.0. The molecule has 2 heteroatoms. The number of carbonyl (C=O) groups excluding carboxylic acids is 1. The Bertz CT molecular complexity index is 484. The maximum absolute atomic E-state index is 5.12. The second-order valence-corrected chi connectivity index (χ2v) is 3.69. The van der Waals surface area contributed by atoms with Crippen molar-refractivity contribution in [2.24, 2.45) is 0 Å². The average molecular weight is 227 g/mol. The maximum Gasteiger partial charge on any atom is 0.343 e. The van der Waals surface area contributed by atoms with Gasteiger partial charge in [0.05, 0.1) is 7.11 Å². The van der Waals surface area contributed by atoms with Crippen molar-refractivity contribution in [3.05, 3.63) is 59.7 Å². The van der Waals surface area contributed by atoms with Crippen LogP contribution in [0.15, 0.2) is 54.1 Å². The summed E-state index contributed by atoms with van der Waals surface area (Å²) in [5.41, 5.74) is 2.30. The largest absolute Gasteiger partial charge is 0.497 e. The van der Waals surface area contributed by atoms with Crippen molar-refractivity contribution < 1.29 is 9.16 Å². The Morgan fingerprint density at radius 2 is 1.65 bits per heavy atom. The van der Waals surface area contributed by atoms with Gasteiger partial charge in [-0.15, -0.1) is 0 Å². The highest BCUT2D eigenvalue weighted by molar-refractivity contribution is 6.02. The quantitative estimate of drug-likeness (QED) is 0.711. The van der Waals surface area contributed by atoms with Gasteiger partial charge in [0, 0.05) is 12.2 Å². The van der Waals surface area contributed by atoms with Crippen LogP contribution in [0.5, 0.6) is 5.75 Å². The summed E-state index contributed by atoms with van der Waals surface area (Å²) in [5, 5.41) is 0. The highest BCUT2D eigenvalue weighted by Crippen LogP contribution is 2.16. The third-order valence-corrected chi connectivity index (χ3v) is 2.56. The minimum Gasteiger partial charge on any atom is -0.497 e. The van der Waals surface area contributed by atoms with Crippen LogP contribution in [0.25, 0.3) is 6.08 Å². The summed E-state index contributed by atoms with van der Waals surface area (Å²) in [6.45, 7) is 0. The number of hydrogen-bond acceptors (Lipinski definition) is 1. The molecule has 1 aliphatic rings. The first-order valence-electron chi connectivity index (χ1n) is 5.44. The summed E-state index contributed by atoms with van der Waals surface area (Å²) in [5.74, 6) is 1.74. The first-order chi connectivity index (χ1) is 8.31. The normalized spacial score (nSPS) is 13.8. The van der Waals surface area contributed by atoms with Crippen LogP contribution in [-0.2, 0) is 4.42 Å². The molecule has 1 aromatic carbocycles. The van der Waals surface area contributed by atoms with Gasteiger partial charge in [0.1, 0.15) is 5.75 Å². The highest BCUT2D eigenvalue weighted by atomic mass is 16.5. The molecule has 0 N–H and O–H groups in total. The highest BCUT2D eigenvalue weighted by Gasteiger charge is 2.05. The van der Waals surface area contributed by atoms with Gasteiger partial charge in [0.25, 0.3) is 7.11 Å². The van der Waals surface area contributed by atoms with Crippen LogP contribution in [0.4, 0.5) is 0 Å². The molecule has 0 amide bonds. The summed E-state index contributed by atoms with van der Waals surface area (Å²) < 4.78 is 10.2. The molecule has 0 aliphatic heterocycles. The fourth-order valence-electron chi connectivity index (χ4n) is 1.59. The van der Waals surface area contributed by atoms with Crippen LogP contribution < -0.4 is 4.74 Å². The smallest absolute Gasteiger partial charge is 0.343 e. The molecule has 0 radical (unpaired) electrons. The molecular weight excluding hydrogens is 212 g/mol. The van der Waals surface area contributed by atoms with E-state index in [9.17, 15) is 0 Å². The zero-order valence-electron chi connectivity index (χ0n) is 10.0. The molecule has 0 unspecified atom stereocenters. The summed E-state index contributed by atoms with van der Waals surface area (Å²) >= 11 is 0. The van der Waals surface area contributed by atoms with E-state index < -0.39 is 0 Å². The second-order valence-electron chi connectivity index (χ2n) is 3.69. The van der Waals surface area contributed by atoms with E-state index in [-0.39, 0.29) is 0 Å². The number of rotatable bonds is 2. The molecule has 0 bridgehead atoms. The molecular formula is C15H15O2+. The number of ether oxygens (including phenoxy) is 1. The molecule has 17 heavy (non-hydrogen) atoms. The van der Waals surface area contributed by atoms with Gasteiger partial charge in [0.2, 0.25) is 0 Å². The third kappa shape index (κ3) is 2.94. The predicted octanol–water partition coefficient (Wildman–Crippen LogP) is 2.94. The van der Waals surface area contributed by atoms with Crippen molar-refractivity contribution in [2.45, 2.75) is 0 Å². The van der Waals surface area contributed by atoms with Gasteiger partial charge < -0.3 is 4.74 Å². The molecule has 1 aliphatic carbocycles. The molecule has 0 atom stereocenters. The van der Waals surface area contributed by atoms with E-state index in [0.717, 1.165) is 22.7 Å². The molecule has 2 nitrogen and oxygen atoms in total. The van der Waals surface area contributed by atoms with E-state index in [1.807, 2.05) is 48.6 Å². The van der Waals surface area contributed by atoms with Crippen molar-refractivity contribution in [1.29, 1.82) is 0 Å². The Morgan fingerprint density at radius 1 is 1.00 bits per heavy atom. The van der Waals surface area contributed by atoms with E-state index >= 15 is 0 Å². The molecule has 0 spiro atoms. The SMILES string of the molecule is COc1ccc(C=C2C=CC(=[O+]C)C=C2)cc1. The van der Waals surface area contributed by atoms with Gasteiger partial charge in [-0.3, -0.25) is 4.42 Å². The van der Waals surface area contributed by atoms with E-state index in [4.69, 9.17) is 9.16 Å². The van der Waals surface area contributed by atoms with E-state index in [2.05, 4.69) is 6.08 Å². The minimum absolute atomic E-state index is 0.872. The topological polar surface area (TPSA) is 20.5 Å². The first kappa shape index (κ1) is 11.4. The number of allylic oxidation sites excluding steroid dienone is 5. The lowest BCUT2D eigenvalue weighted by molar-refractivity contribution is -0.417. The lowest BCUT2D eigenvalue weighted by atomic mass is 10.1. The van der Waals surface area contributed by atoms with Crippen molar-refractivity contribution >= 4 is 11.9 Å². The molecule has 86 valence electrons. The second kappa shape index (κ2) is 5.30. The van der Waals surface area contributed by atoms with Gasteiger partial charge in [-0.25, -0.2) is 0 Å². The number of hydrogen-bond donors (Lipinski definition) is 0. The lowest BCUT2D eigenvalue weighted by Gasteiger charge is -2.01. The Hall–Kier alpha value is -2.09. The average Bonchev–Trinajstić information content (AvgIpc) is 2.40. The van der Waals surface area contributed by atoms with Crippen LogP contribution in [-0.4, -0.2) is 20.0 Å². The van der Waals surface area contributed by atoms with Gasteiger partial charge >= 0.3 is 5.78 Å². The maximum atomic E-state index is 5.12. The van der Waals surface area contributed by atoms with Crippen LogP contribution >= 0.6 is 0 Å². The number of ketones is 1. The Morgan fingerprint density at radius 3 is 2.18 bits per heavy atom. The molecule has 0 saturated carbocycles. The van der Waals surface area contributed by atoms with Crippen LogP contribution in [0.1, 0.15) is 5.56 Å². The lowest BCUT2D eigenvalue weighted by Crippen LogP contribution is -1.95. The van der Waals surface area contributed by atoms with Crippen molar-refractivity contribution in [3.8, 4) is 5.75 Å².